The van der Waals surface area contributed by atoms with E-state index in [1.807, 2.05) is 0 Å². The Balaban J connectivity index is 1.60. The molecule has 24 heavy (non-hydrogen) atoms. The number of pyridine rings is 1. The van der Waals surface area contributed by atoms with Crippen molar-refractivity contribution in [3.63, 3.8) is 0 Å². The molecule has 1 saturated heterocycles. The van der Waals surface area contributed by atoms with E-state index in [0.717, 1.165) is 5.69 Å². The van der Waals surface area contributed by atoms with Crippen LogP contribution in [0.1, 0.15) is 16.8 Å². The molecule has 0 bridgehead atoms. The topological polar surface area (TPSA) is 88.2 Å². The molecule has 1 aliphatic heterocycles. The van der Waals surface area contributed by atoms with Gasteiger partial charge in [0.1, 0.15) is 5.82 Å². The molecule has 0 radical (unpaired) electrons. The number of anilines is 2. The van der Waals surface area contributed by atoms with Crippen LogP contribution < -0.4 is 10.6 Å². The molecule has 1 amide bonds. The molecule has 126 valence electrons. The van der Waals surface area contributed by atoms with Gasteiger partial charge in [-0.1, -0.05) is 11.6 Å². The minimum atomic E-state index is -2.92. The molecule has 0 spiro atoms. The van der Waals surface area contributed by atoms with Crippen molar-refractivity contribution < 1.29 is 13.2 Å². The summed E-state index contributed by atoms with van der Waals surface area (Å²) in [4.78, 5) is 16.3. The molecule has 2 heterocycles. The van der Waals surface area contributed by atoms with Gasteiger partial charge >= 0.3 is 0 Å². The third kappa shape index (κ3) is 4.24. The van der Waals surface area contributed by atoms with E-state index in [1.165, 1.54) is 0 Å². The largest absolute Gasteiger partial charge is 0.380 e. The minimum absolute atomic E-state index is 0.0914. The van der Waals surface area contributed by atoms with E-state index in [0.29, 0.717) is 22.8 Å². The number of nitrogens with zero attached hydrogens (tertiary/aromatic N) is 1. The predicted octanol–water partition coefficient (Wildman–Crippen LogP) is 2.59. The van der Waals surface area contributed by atoms with Gasteiger partial charge in [-0.25, -0.2) is 13.4 Å². The van der Waals surface area contributed by atoms with Crippen LogP contribution in [0.2, 0.25) is 5.02 Å². The summed E-state index contributed by atoms with van der Waals surface area (Å²) in [7, 11) is -2.92. The predicted molar refractivity (Wildman–Crippen MR) is 94.3 cm³/mol. The number of nitrogens with one attached hydrogen (secondary N) is 2. The number of amides is 1. The SMILES string of the molecule is O=C(Nc1ccc(NC2CCS(=O)(=O)C2)cn1)c1ccc(Cl)cc1. The fraction of sp³-hybridized carbons (Fsp3) is 0.250. The van der Waals surface area contributed by atoms with Crippen molar-refractivity contribution >= 4 is 38.9 Å². The zero-order valence-electron chi connectivity index (χ0n) is 12.7. The quantitative estimate of drug-likeness (QED) is 0.869. The second-order valence-corrected chi connectivity index (χ2v) is 8.30. The molecule has 1 aromatic heterocycles. The van der Waals surface area contributed by atoms with E-state index in [4.69, 9.17) is 11.6 Å². The first-order chi connectivity index (χ1) is 11.4. The average Bonchev–Trinajstić information content (AvgIpc) is 2.88. The third-order valence-corrected chi connectivity index (χ3v) is 5.73. The monoisotopic (exact) mass is 365 g/mol. The van der Waals surface area contributed by atoms with Gasteiger partial charge in [-0.15, -0.1) is 0 Å². The molecular weight excluding hydrogens is 350 g/mol. The van der Waals surface area contributed by atoms with Crippen molar-refractivity contribution in [2.75, 3.05) is 22.1 Å². The van der Waals surface area contributed by atoms with E-state index >= 15 is 0 Å². The molecule has 1 atom stereocenters. The van der Waals surface area contributed by atoms with E-state index in [1.54, 1.807) is 42.6 Å². The Hall–Kier alpha value is -2.12. The summed E-state index contributed by atoms with van der Waals surface area (Å²) in [6, 6.07) is 9.89. The summed E-state index contributed by atoms with van der Waals surface area (Å²) < 4.78 is 22.9. The van der Waals surface area contributed by atoms with Crippen LogP contribution >= 0.6 is 11.6 Å². The Bertz CT molecular complexity index is 836. The van der Waals surface area contributed by atoms with Crippen LogP contribution in [0.5, 0.6) is 0 Å². The Labute approximate surface area is 145 Å². The number of hydrogen-bond donors (Lipinski definition) is 2. The van der Waals surface area contributed by atoms with E-state index in [9.17, 15) is 13.2 Å². The molecule has 2 aromatic rings. The van der Waals surface area contributed by atoms with Gasteiger partial charge in [-0.2, -0.15) is 0 Å². The van der Waals surface area contributed by atoms with Crippen molar-refractivity contribution in [2.45, 2.75) is 12.5 Å². The average molecular weight is 366 g/mol. The number of rotatable bonds is 4. The molecule has 1 unspecified atom stereocenters. The Morgan fingerprint density at radius 3 is 2.50 bits per heavy atom. The van der Waals surface area contributed by atoms with Gasteiger partial charge in [0.25, 0.3) is 5.91 Å². The molecule has 2 N–H and O–H groups in total. The van der Waals surface area contributed by atoms with E-state index < -0.39 is 9.84 Å². The van der Waals surface area contributed by atoms with Crippen LogP contribution in [0.3, 0.4) is 0 Å². The number of benzene rings is 1. The van der Waals surface area contributed by atoms with Crippen molar-refractivity contribution in [2.24, 2.45) is 0 Å². The molecule has 1 aromatic carbocycles. The van der Waals surface area contributed by atoms with Crippen molar-refractivity contribution in [1.29, 1.82) is 0 Å². The van der Waals surface area contributed by atoms with Crippen LogP contribution in [-0.2, 0) is 9.84 Å². The Kier molecular flexibility index (Phi) is 4.73. The summed E-state index contributed by atoms with van der Waals surface area (Å²) in [5, 5.41) is 6.40. The molecule has 6 nitrogen and oxygen atoms in total. The van der Waals surface area contributed by atoms with Crippen molar-refractivity contribution in [3.8, 4) is 0 Å². The van der Waals surface area contributed by atoms with Crippen molar-refractivity contribution in [1.82, 2.24) is 4.98 Å². The second-order valence-electron chi connectivity index (χ2n) is 5.64. The summed E-state index contributed by atoms with van der Waals surface area (Å²) in [6.07, 6.45) is 2.17. The molecule has 1 fully saturated rings. The normalized spacial score (nSPS) is 19.0. The number of carbonyl (C=O) groups excluding carboxylic acids is 1. The Morgan fingerprint density at radius 1 is 1.17 bits per heavy atom. The first kappa shape index (κ1) is 16.7. The lowest BCUT2D eigenvalue weighted by Crippen LogP contribution is -2.20. The smallest absolute Gasteiger partial charge is 0.256 e. The summed E-state index contributed by atoms with van der Waals surface area (Å²) in [5.41, 5.74) is 1.21. The van der Waals surface area contributed by atoms with E-state index in [2.05, 4.69) is 15.6 Å². The second kappa shape index (κ2) is 6.78. The maximum absolute atomic E-state index is 12.1. The van der Waals surface area contributed by atoms with Gasteiger partial charge < -0.3 is 10.6 Å². The van der Waals surface area contributed by atoms with Crippen LogP contribution in [-0.4, -0.2) is 36.9 Å². The fourth-order valence-corrected chi connectivity index (χ4v) is 4.29. The number of hydrogen-bond acceptors (Lipinski definition) is 5. The molecule has 0 saturated carbocycles. The highest BCUT2D eigenvalue weighted by Crippen LogP contribution is 2.18. The standard InChI is InChI=1S/C16H16ClN3O3S/c17-12-3-1-11(2-4-12)16(21)20-15-6-5-13(9-18-15)19-14-7-8-24(22,23)10-14/h1-6,9,14,19H,7-8,10H2,(H,18,20,21). The van der Waals surface area contributed by atoms with Crippen LogP contribution in [0.15, 0.2) is 42.6 Å². The maximum atomic E-state index is 12.1. The maximum Gasteiger partial charge on any atom is 0.256 e. The lowest BCUT2D eigenvalue weighted by Gasteiger charge is -2.12. The van der Waals surface area contributed by atoms with Gasteiger partial charge in [0.05, 0.1) is 23.4 Å². The number of sulfone groups is 1. The van der Waals surface area contributed by atoms with Crippen LogP contribution in [0.4, 0.5) is 11.5 Å². The minimum Gasteiger partial charge on any atom is -0.380 e. The van der Waals surface area contributed by atoms with Gasteiger partial charge in [-0.3, -0.25) is 4.79 Å². The highest BCUT2D eigenvalue weighted by atomic mass is 35.5. The van der Waals surface area contributed by atoms with Gasteiger partial charge in [0, 0.05) is 16.6 Å². The summed E-state index contributed by atoms with van der Waals surface area (Å²) in [5.74, 6) is 0.497. The first-order valence-corrected chi connectivity index (χ1v) is 9.61. The van der Waals surface area contributed by atoms with E-state index in [-0.39, 0.29) is 23.5 Å². The van der Waals surface area contributed by atoms with Gasteiger partial charge in [0.15, 0.2) is 9.84 Å². The van der Waals surface area contributed by atoms with Gasteiger partial charge in [-0.05, 0) is 42.8 Å². The molecule has 3 rings (SSSR count). The number of carbonyl (C=O) groups is 1. The third-order valence-electron chi connectivity index (χ3n) is 3.71. The number of aromatic nitrogens is 1. The molecule has 1 aliphatic rings. The zero-order valence-corrected chi connectivity index (χ0v) is 14.3. The summed E-state index contributed by atoms with van der Waals surface area (Å²) >= 11 is 5.79. The highest BCUT2D eigenvalue weighted by Gasteiger charge is 2.27. The molecular formula is C16H16ClN3O3S. The fourth-order valence-electron chi connectivity index (χ4n) is 2.49. The first-order valence-electron chi connectivity index (χ1n) is 7.41. The lowest BCUT2D eigenvalue weighted by atomic mass is 10.2. The number of halogens is 1. The van der Waals surface area contributed by atoms with Crippen LogP contribution in [0.25, 0.3) is 0 Å². The van der Waals surface area contributed by atoms with Crippen molar-refractivity contribution in [3.05, 3.63) is 53.2 Å². The molecule has 8 heteroatoms. The summed E-state index contributed by atoms with van der Waals surface area (Å²) in [6.45, 7) is 0. The molecule has 0 aliphatic carbocycles. The zero-order chi connectivity index (χ0) is 17.2. The highest BCUT2D eigenvalue weighted by molar-refractivity contribution is 7.91. The van der Waals surface area contributed by atoms with Crippen LogP contribution in [0, 0.1) is 0 Å². The Morgan fingerprint density at radius 2 is 1.92 bits per heavy atom. The lowest BCUT2D eigenvalue weighted by molar-refractivity contribution is 0.102. The van der Waals surface area contributed by atoms with Gasteiger partial charge in [0.2, 0.25) is 0 Å².